The molecule has 80 valence electrons. The van der Waals surface area contributed by atoms with E-state index in [1.807, 2.05) is 0 Å². The second-order valence-electron chi connectivity index (χ2n) is 2.72. The van der Waals surface area contributed by atoms with Crippen LogP contribution in [0.2, 0.25) is 0 Å². The molecule has 1 heterocycles. The third kappa shape index (κ3) is 2.50. The Bertz CT molecular complexity index is 151. The highest BCUT2D eigenvalue weighted by molar-refractivity contribution is 5.85. The van der Waals surface area contributed by atoms with Crippen molar-refractivity contribution in [3.8, 4) is 0 Å². The van der Waals surface area contributed by atoms with Crippen molar-refractivity contribution in [3.63, 3.8) is 0 Å². The van der Waals surface area contributed by atoms with Crippen molar-refractivity contribution in [1.82, 2.24) is 0 Å². The molecule has 6 nitrogen and oxygen atoms in total. The van der Waals surface area contributed by atoms with Gasteiger partial charge in [0, 0.05) is 0 Å². The van der Waals surface area contributed by atoms with Gasteiger partial charge in [-0.25, -0.2) is 0 Å². The zero-order valence-electron chi connectivity index (χ0n) is 6.65. The molecule has 1 unspecified atom stereocenters. The molecule has 1 aliphatic rings. The van der Waals surface area contributed by atoms with E-state index in [0.29, 0.717) is 0 Å². The van der Waals surface area contributed by atoms with Crippen LogP contribution in [0.4, 0.5) is 0 Å². The molecule has 0 aromatic rings. The first-order valence-corrected chi connectivity index (χ1v) is 3.56. The topological polar surface area (TPSA) is 110 Å². The van der Waals surface area contributed by atoms with Crippen molar-refractivity contribution >= 4 is 12.4 Å². The van der Waals surface area contributed by atoms with E-state index in [4.69, 9.17) is 25.5 Å². The van der Waals surface area contributed by atoms with Gasteiger partial charge in [-0.15, -0.1) is 12.4 Å². The number of hydrogen-bond acceptors (Lipinski definition) is 6. The van der Waals surface area contributed by atoms with E-state index in [1.165, 1.54) is 0 Å². The predicted molar refractivity (Wildman–Crippen MR) is 43.2 cm³/mol. The van der Waals surface area contributed by atoms with Crippen LogP contribution in [-0.4, -0.2) is 62.8 Å². The van der Waals surface area contributed by atoms with Crippen LogP contribution >= 0.6 is 12.4 Å². The Morgan fingerprint density at radius 2 is 1.46 bits per heavy atom. The minimum absolute atomic E-state index is 0. The first-order chi connectivity index (χ1) is 5.57. The molecule has 7 heteroatoms. The van der Waals surface area contributed by atoms with E-state index in [0.717, 1.165) is 0 Å². The van der Waals surface area contributed by atoms with Crippen LogP contribution in [0, 0.1) is 0 Å². The maximum Gasteiger partial charge on any atom is 0.184 e. The molecule has 5 atom stereocenters. The molecule has 0 aliphatic carbocycles. The molecule has 0 radical (unpaired) electrons. The number of ether oxygens (including phenoxy) is 1. The molecule has 0 saturated carbocycles. The third-order valence-corrected chi connectivity index (χ3v) is 1.87. The fourth-order valence-electron chi connectivity index (χ4n) is 1.08. The Morgan fingerprint density at radius 3 is 1.92 bits per heavy atom. The SMILES string of the molecule is Cl.OC[C@H]1OC(O)[C@H](O)[C@@H](O)[C@H]1O. The maximum absolute atomic E-state index is 9.12. The molecule has 0 aromatic carbocycles. The Kier molecular flexibility index (Phi) is 5.08. The Labute approximate surface area is 80.8 Å². The normalized spacial score (nSPS) is 45.5. The minimum atomic E-state index is -1.57. The van der Waals surface area contributed by atoms with Crippen LogP contribution in [-0.2, 0) is 4.74 Å². The van der Waals surface area contributed by atoms with E-state index in [9.17, 15) is 0 Å². The lowest BCUT2D eigenvalue weighted by molar-refractivity contribution is -0.286. The highest BCUT2D eigenvalue weighted by atomic mass is 35.5. The lowest BCUT2D eigenvalue weighted by atomic mass is 10.00. The van der Waals surface area contributed by atoms with Gasteiger partial charge in [-0.2, -0.15) is 0 Å². The summed E-state index contributed by atoms with van der Waals surface area (Å²) in [6.07, 6.45) is -7.04. The smallest absolute Gasteiger partial charge is 0.184 e. The van der Waals surface area contributed by atoms with Crippen molar-refractivity contribution in [3.05, 3.63) is 0 Å². The van der Waals surface area contributed by atoms with E-state index >= 15 is 0 Å². The zero-order chi connectivity index (χ0) is 9.30. The summed E-state index contributed by atoms with van der Waals surface area (Å²) in [4.78, 5) is 0. The third-order valence-electron chi connectivity index (χ3n) is 1.87. The number of aliphatic hydroxyl groups is 5. The van der Waals surface area contributed by atoms with Gasteiger partial charge in [0.15, 0.2) is 6.29 Å². The van der Waals surface area contributed by atoms with Gasteiger partial charge in [-0.3, -0.25) is 0 Å². The van der Waals surface area contributed by atoms with Gasteiger partial charge < -0.3 is 30.3 Å². The molecular weight excluding hydrogens is 204 g/mol. The average Bonchev–Trinajstić information content (AvgIpc) is 2.08. The molecule has 1 aliphatic heterocycles. The van der Waals surface area contributed by atoms with Gasteiger partial charge in [0.1, 0.15) is 24.4 Å². The van der Waals surface area contributed by atoms with Gasteiger partial charge >= 0.3 is 0 Å². The maximum atomic E-state index is 9.12. The fourth-order valence-corrected chi connectivity index (χ4v) is 1.08. The minimum Gasteiger partial charge on any atom is -0.394 e. The van der Waals surface area contributed by atoms with Crippen LogP contribution < -0.4 is 0 Å². The van der Waals surface area contributed by atoms with Crippen molar-refractivity contribution in [2.75, 3.05) is 6.61 Å². The molecule has 0 aromatic heterocycles. The van der Waals surface area contributed by atoms with Crippen LogP contribution in [0.3, 0.4) is 0 Å². The molecule has 5 N–H and O–H groups in total. The second kappa shape index (κ2) is 5.06. The first-order valence-electron chi connectivity index (χ1n) is 3.56. The lowest BCUT2D eigenvalue weighted by Crippen LogP contribution is -2.58. The fraction of sp³-hybridized carbons (Fsp3) is 1.00. The molecule has 0 spiro atoms. The van der Waals surface area contributed by atoms with Gasteiger partial charge in [0.25, 0.3) is 0 Å². The summed E-state index contributed by atoms with van der Waals surface area (Å²) in [6, 6.07) is 0. The summed E-state index contributed by atoms with van der Waals surface area (Å²) >= 11 is 0. The van der Waals surface area contributed by atoms with Crippen LogP contribution in [0.1, 0.15) is 0 Å². The molecule has 0 amide bonds. The first kappa shape index (κ1) is 13.1. The quantitative estimate of drug-likeness (QED) is 0.324. The van der Waals surface area contributed by atoms with Crippen molar-refractivity contribution in [2.45, 2.75) is 30.7 Å². The largest absolute Gasteiger partial charge is 0.394 e. The Morgan fingerprint density at radius 1 is 0.923 bits per heavy atom. The summed E-state index contributed by atoms with van der Waals surface area (Å²) in [7, 11) is 0. The highest BCUT2D eigenvalue weighted by Gasteiger charge is 2.42. The van der Waals surface area contributed by atoms with Gasteiger partial charge in [0.2, 0.25) is 0 Å². The van der Waals surface area contributed by atoms with E-state index in [1.54, 1.807) is 0 Å². The standard InChI is InChI=1S/C6H12O6.ClH/c7-1-2-3(8)4(9)5(10)6(11)12-2;/h2-11H,1H2;1H/t2-,3+,4+,5-,6?;/m1./s1. The number of aliphatic hydroxyl groups excluding tert-OH is 5. The average molecular weight is 217 g/mol. The lowest BCUT2D eigenvalue weighted by Gasteiger charge is -2.37. The van der Waals surface area contributed by atoms with Crippen LogP contribution in [0.25, 0.3) is 0 Å². The zero-order valence-corrected chi connectivity index (χ0v) is 7.46. The second-order valence-corrected chi connectivity index (χ2v) is 2.72. The van der Waals surface area contributed by atoms with Crippen LogP contribution in [0.5, 0.6) is 0 Å². The van der Waals surface area contributed by atoms with Crippen molar-refractivity contribution in [2.24, 2.45) is 0 Å². The van der Waals surface area contributed by atoms with Crippen LogP contribution in [0.15, 0.2) is 0 Å². The van der Waals surface area contributed by atoms with Gasteiger partial charge in [-0.1, -0.05) is 0 Å². The van der Waals surface area contributed by atoms with E-state index in [2.05, 4.69) is 4.74 Å². The van der Waals surface area contributed by atoms with Gasteiger partial charge in [0.05, 0.1) is 6.61 Å². The number of hydrogen-bond donors (Lipinski definition) is 5. The van der Waals surface area contributed by atoms with E-state index < -0.39 is 37.3 Å². The Hall–Kier alpha value is 0.0500. The van der Waals surface area contributed by atoms with Crippen molar-refractivity contribution in [1.29, 1.82) is 0 Å². The monoisotopic (exact) mass is 216 g/mol. The number of halogens is 1. The molecule has 1 fully saturated rings. The molecule has 0 bridgehead atoms. The summed E-state index contributed by atoms with van der Waals surface area (Å²) in [5, 5.41) is 44.7. The van der Waals surface area contributed by atoms with Crippen molar-refractivity contribution < 1.29 is 30.3 Å². The predicted octanol–water partition coefficient (Wildman–Crippen LogP) is -2.80. The summed E-state index contributed by atoms with van der Waals surface area (Å²) < 4.78 is 4.58. The summed E-state index contributed by atoms with van der Waals surface area (Å²) in [6.45, 7) is -0.526. The molecule has 13 heavy (non-hydrogen) atoms. The molecule has 1 rings (SSSR count). The summed E-state index contributed by atoms with van der Waals surface area (Å²) in [5.41, 5.74) is 0. The molecular formula is C6H13ClO6. The Balaban J connectivity index is 0.00000144. The van der Waals surface area contributed by atoms with Gasteiger partial charge in [-0.05, 0) is 0 Å². The van der Waals surface area contributed by atoms with E-state index in [-0.39, 0.29) is 12.4 Å². The molecule has 1 saturated heterocycles. The highest BCUT2D eigenvalue weighted by Crippen LogP contribution is 2.18. The summed E-state index contributed by atoms with van der Waals surface area (Å²) in [5.74, 6) is 0. The number of rotatable bonds is 1.